The molecular weight excluding hydrogens is 543 g/mol. The van der Waals surface area contributed by atoms with E-state index in [0.29, 0.717) is 43.3 Å². The second kappa shape index (κ2) is 10.8. The molecule has 1 saturated heterocycles. The number of likely N-dealkylation sites (tertiary alicyclic amines) is 1. The highest BCUT2D eigenvalue weighted by atomic mass is 79.9. The van der Waals surface area contributed by atoms with Crippen LogP contribution in [0.25, 0.3) is 11.1 Å². The van der Waals surface area contributed by atoms with E-state index in [0.717, 1.165) is 11.1 Å². The monoisotopic (exact) mass is 568 g/mol. The molecule has 0 radical (unpaired) electrons. The minimum atomic E-state index is -0.453. The summed E-state index contributed by atoms with van der Waals surface area (Å²) in [5.74, 6) is -1.43. The average molecular weight is 569 g/mol. The fourth-order valence-electron chi connectivity index (χ4n) is 4.33. The van der Waals surface area contributed by atoms with Crippen molar-refractivity contribution in [1.82, 2.24) is 20.2 Å². The number of nitrogens with one attached hydrogen (secondary N) is 2. The number of nitrogens with zero attached hydrogens (tertiary/aromatic N) is 4. The number of amides is 2. The highest BCUT2D eigenvalue weighted by molar-refractivity contribution is 9.10. The highest BCUT2D eigenvalue weighted by Crippen LogP contribution is 2.35. The Morgan fingerprint density at radius 2 is 1.78 bits per heavy atom. The fourth-order valence-corrected chi connectivity index (χ4v) is 4.70. The molecule has 0 atom stereocenters. The zero-order chi connectivity index (χ0) is 25.9. The van der Waals surface area contributed by atoms with Crippen LogP contribution in [-0.2, 0) is 4.79 Å². The first-order chi connectivity index (χ1) is 17.9. The third-order valence-corrected chi connectivity index (χ3v) is 7.24. The molecule has 0 unspecified atom stereocenters. The van der Waals surface area contributed by atoms with Crippen LogP contribution in [0, 0.1) is 11.7 Å². The van der Waals surface area contributed by atoms with Gasteiger partial charge >= 0.3 is 6.03 Å². The van der Waals surface area contributed by atoms with Crippen molar-refractivity contribution < 1.29 is 19.2 Å². The number of Topliss-reactive ketones (excluding diaryl/α,β-unsaturated/α-hetero) is 1. The smallest absolute Gasteiger partial charge is 0.321 e. The van der Waals surface area contributed by atoms with Crippen LogP contribution in [0.3, 0.4) is 0 Å². The summed E-state index contributed by atoms with van der Waals surface area (Å²) in [6.45, 7) is 0.781. The van der Waals surface area contributed by atoms with Crippen molar-refractivity contribution in [2.45, 2.75) is 31.7 Å². The van der Waals surface area contributed by atoms with Crippen molar-refractivity contribution in [3.8, 4) is 11.1 Å². The first kappa shape index (κ1) is 25.1. The normalized spacial score (nSPS) is 16.5. The van der Waals surface area contributed by atoms with Crippen LogP contribution in [0.5, 0.6) is 0 Å². The summed E-state index contributed by atoms with van der Waals surface area (Å²) >= 11 is 3.08. The fraction of sp³-hybridized carbons (Fsp3) is 0.308. The number of piperidine rings is 1. The summed E-state index contributed by atoms with van der Waals surface area (Å²) in [6.07, 6.45) is 7.14. The van der Waals surface area contributed by atoms with Gasteiger partial charge < -0.3 is 10.2 Å². The van der Waals surface area contributed by atoms with Gasteiger partial charge in [0.2, 0.25) is 5.78 Å². The Hall–Kier alpha value is -3.57. The molecule has 5 rings (SSSR count). The van der Waals surface area contributed by atoms with Gasteiger partial charge in [0.05, 0.1) is 22.4 Å². The lowest BCUT2D eigenvalue weighted by molar-refractivity contribution is -0.118. The predicted octanol–water partition coefficient (Wildman–Crippen LogP) is 5.31. The number of amidine groups is 1. The zero-order valence-corrected chi connectivity index (χ0v) is 21.5. The molecule has 192 valence electrons. The molecule has 0 spiro atoms. The Morgan fingerprint density at radius 1 is 1.05 bits per heavy atom. The van der Waals surface area contributed by atoms with E-state index in [9.17, 15) is 19.2 Å². The summed E-state index contributed by atoms with van der Waals surface area (Å²) in [6, 6.07) is 12.0. The van der Waals surface area contributed by atoms with Gasteiger partial charge in [-0.3, -0.25) is 14.7 Å². The summed E-state index contributed by atoms with van der Waals surface area (Å²) in [7, 11) is 0. The van der Waals surface area contributed by atoms with E-state index in [-0.39, 0.29) is 22.1 Å². The Morgan fingerprint density at radius 3 is 2.43 bits per heavy atom. The van der Waals surface area contributed by atoms with Crippen LogP contribution in [0.15, 0.2) is 64.3 Å². The number of ketones is 1. The van der Waals surface area contributed by atoms with E-state index in [1.165, 1.54) is 31.0 Å². The molecule has 2 amide bonds. The van der Waals surface area contributed by atoms with Crippen LogP contribution >= 0.6 is 15.9 Å². The Labute approximate surface area is 221 Å². The molecule has 1 aliphatic heterocycles. The topological polar surface area (TPSA) is 112 Å². The molecule has 1 aliphatic carbocycles. The molecule has 37 heavy (non-hydrogen) atoms. The van der Waals surface area contributed by atoms with Crippen molar-refractivity contribution in [3.63, 3.8) is 0 Å². The number of hydroxylamine groups is 1. The van der Waals surface area contributed by atoms with Gasteiger partial charge in [-0.2, -0.15) is 5.10 Å². The molecule has 3 N–H and O–H groups in total. The van der Waals surface area contributed by atoms with Crippen LogP contribution in [-0.4, -0.2) is 50.6 Å². The standard InChI is InChI=1S/C26H26BrFN6O3/c27-22-13-20(5-8-23(22)28)30-25(32-37)24(35)17-9-11-33(12-10-17)26(36)31-19-3-1-16(2-4-19)18-14-29-34(15-18)21-6-7-21/h1-5,8,13-15,17,21,37H,6-7,9-12H2,(H,30,32)(H,31,36). The molecule has 2 fully saturated rings. The number of anilines is 1. The van der Waals surface area contributed by atoms with Crippen molar-refractivity contribution in [1.29, 1.82) is 0 Å². The lowest BCUT2D eigenvalue weighted by Gasteiger charge is -2.31. The summed E-state index contributed by atoms with van der Waals surface area (Å²) in [4.78, 5) is 31.4. The lowest BCUT2D eigenvalue weighted by atomic mass is 9.92. The Kier molecular flexibility index (Phi) is 7.33. The number of urea groups is 1. The van der Waals surface area contributed by atoms with Crippen molar-refractivity contribution in [2.75, 3.05) is 18.4 Å². The largest absolute Gasteiger partial charge is 0.324 e. The molecule has 2 aromatic carbocycles. The number of carbonyl (C=O) groups excluding carboxylic acids is 2. The third kappa shape index (κ3) is 5.89. The van der Waals surface area contributed by atoms with Gasteiger partial charge in [0.15, 0.2) is 5.84 Å². The molecule has 3 aromatic rings. The number of aromatic nitrogens is 2. The summed E-state index contributed by atoms with van der Waals surface area (Å²) in [5, 5.41) is 16.8. The quantitative estimate of drug-likeness (QED) is 0.212. The van der Waals surface area contributed by atoms with Gasteiger partial charge in [-0.1, -0.05) is 12.1 Å². The van der Waals surface area contributed by atoms with Gasteiger partial charge in [-0.25, -0.2) is 19.7 Å². The van der Waals surface area contributed by atoms with Crippen molar-refractivity contribution in [3.05, 3.63) is 65.1 Å². The summed E-state index contributed by atoms with van der Waals surface area (Å²) < 4.78 is 15.7. The lowest BCUT2D eigenvalue weighted by Crippen LogP contribution is -2.44. The SMILES string of the molecule is O=C(C(=Nc1ccc(F)c(Br)c1)NO)C1CCN(C(=O)Nc2ccc(-c3cnn(C4CC4)c3)cc2)CC1. The van der Waals surface area contributed by atoms with Gasteiger partial charge in [-0.05, 0) is 77.5 Å². The number of aliphatic imine (C=N–C) groups is 1. The Bertz CT molecular complexity index is 1330. The minimum Gasteiger partial charge on any atom is -0.324 e. The first-order valence-corrected chi connectivity index (χ1v) is 12.9. The molecule has 9 nitrogen and oxygen atoms in total. The summed E-state index contributed by atoms with van der Waals surface area (Å²) in [5.41, 5.74) is 4.95. The molecule has 2 heterocycles. The predicted molar refractivity (Wildman–Crippen MR) is 140 cm³/mol. The highest BCUT2D eigenvalue weighted by Gasteiger charge is 2.30. The molecule has 2 aliphatic rings. The van der Waals surface area contributed by atoms with E-state index in [4.69, 9.17) is 0 Å². The van der Waals surface area contributed by atoms with Crippen LogP contribution in [0.1, 0.15) is 31.7 Å². The van der Waals surface area contributed by atoms with Crippen molar-refractivity contribution >= 4 is 45.0 Å². The number of halogens is 2. The van der Waals surface area contributed by atoms with E-state index in [2.05, 4.69) is 37.5 Å². The number of hydrogen-bond donors (Lipinski definition) is 3. The molecule has 1 saturated carbocycles. The maximum atomic E-state index is 13.5. The molecular formula is C26H26BrFN6O3. The van der Waals surface area contributed by atoms with E-state index >= 15 is 0 Å². The van der Waals surface area contributed by atoms with Crippen LogP contribution < -0.4 is 10.8 Å². The minimum absolute atomic E-state index is 0.206. The van der Waals surface area contributed by atoms with Gasteiger partial charge in [0.1, 0.15) is 5.82 Å². The van der Waals surface area contributed by atoms with Gasteiger partial charge in [0, 0.05) is 36.5 Å². The van der Waals surface area contributed by atoms with Crippen molar-refractivity contribution in [2.24, 2.45) is 10.9 Å². The number of hydrogen-bond acceptors (Lipinski definition) is 5. The molecule has 11 heteroatoms. The zero-order valence-electron chi connectivity index (χ0n) is 19.9. The van der Waals surface area contributed by atoms with Crippen LogP contribution in [0.2, 0.25) is 0 Å². The maximum Gasteiger partial charge on any atom is 0.321 e. The van der Waals surface area contributed by atoms with E-state index in [1.54, 1.807) is 4.90 Å². The Balaban J connectivity index is 1.14. The van der Waals surface area contributed by atoms with Crippen LogP contribution in [0.4, 0.5) is 20.6 Å². The van der Waals surface area contributed by atoms with Gasteiger partial charge in [0.25, 0.3) is 0 Å². The molecule has 1 aromatic heterocycles. The second-order valence-corrected chi connectivity index (χ2v) is 10.1. The number of rotatable bonds is 6. The van der Waals surface area contributed by atoms with E-state index in [1.807, 2.05) is 40.6 Å². The second-order valence-electron chi connectivity index (χ2n) is 9.24. The third-order valence-electron chi connectivity index (χ3n) is 6.63. The first-order valence-electron chi connectivity index (χ1n) is 12.1. The van der Waals surface area contributed by atoms with Gasteiger partial charge in [-0.15, -0.1) is 0 Å². The number of carbonyl (C=O) groups is 2. The maximum absolute atomic E-state index is 13.5. The van der Waals surface area contributed by atoms with E-state index < -0.39 is 11.7 Å². The molecule has 0 bridgehead atoms. The average Bonchev–Trinajstić information content (AvgIpc) is 3.65. The number of benzene rings is 2.